The minimum Gasteiger partial charge on any atom is -0.389 e. The Hall–Kier alpha value is -3.37. The molecule has 4 N–H and O–H groups in total. The number of rotatable bonds is 2. The quantitative estimate of drug-likeness (QED) is 0.455. The number of nitrogen functional groups attached to an aromatic ring is 1. The highest BCUT2D eigenvalue weighted by molar-refractivity contribution is 7.17. The molecule has 12 heteroatoms. The highest BCUT2D eigenvalue weighted by Gasteiger charge is 2.64. The molecule has 0 saturated carbocycles. The fourth-order valence-electron chi connectivity index (χ4n) is 7.18. The summed E-state index contributed by atoms with van der Waals surface area (Å²) >= 11 is 0.995. The standard InChI is InChI=1S/C26H23F2N7O2S/c27-16-3-32-21(18-12(1-29)23(30)38-22(16)18)17-15-5-36-4-14(15)13-2-33-24(34-20(13)19(17)28)35-8-25-6-31-7-26(25,9-35)11-37-10-25/h2-3,21,31-32H,4-11,30H2. The Morgan fingerprint density at radius 3 is 2.66 bits per heavy atom. The second kappa shape index (κ2) is 7.60. The summed E-state index contributed by atoms with van der Waals surface area (Å²) in [6, 6.07) is 1.27. The van der Waals surface area contributed by atoms with Crippen LogP contribution >= 0.6 is 11.3 Å². The molecule has 5 aliphatic rings. The molecule has 0 spiro atoms. The summed E-state index contributed by atoms with van der Waals surface area (Å²) in [5.41, 5.74) is 8.56. The molecule has 1 aromatic carbocycles. The van der Waals surface area contributed by atoms with E-state index in [2.05, 4.69) is 26.6 Å². The van der Waals surface area contributed by atoms with Crippen LogP contribution in [-0.2, 0) is 22.7 Å². The maximum absolute atomic E-state index is 16.6. The van der Waals surface area contributed by atoms with Crippen LogP contribution in [0.3, 0.4) is 0 Å². The monoisotopic (exact) mass is 535 g/mol. The van der Waals surface area contributed by atoms with Gasteiger partial charge in [0.2, 0.25) is 5.95 Å². The van der Waals surface area contributed by atoms with Crippen LogP contribution in [0.4, 0.5) is 19.7 Å². The van der Waals surface area contributed by atoms with Crippen LogP contribution in [0.25, 0.3) is 16.7 Å². The molecule has 5 aliphatic heterocycles. The van der Waals surface area contributed by atoms with Crippen molar-refractivity contribution in [2.45, 2.75) is 19.3 Å². The number of halogens is 2. The summed E-state index contributed by atoms with van der Waals surface area (Å²) < 4.78 is 43.0. The average molecular weight is 536 g/mol. The third-order valence-electron chi connectivity index (χ3n) is 9.06. The SMILES string of the molecule is N#Cc1c(N)sc2c1C(c1c3c(c4cnc(N5CC67CNCC6(COC7)C5)nc4c1F)COC3)NC=C2F. The highest BCUT2D eigenvalue weighted by atomic mass is 32.1. The third-order valence-corrected chi connectivity index (χ3v) is 10.1. The smallest absolute Gasteiger partial charge is 0.226 e. The normalized spacial score (nSPS) is 29.0. The van der Waals surface area contributed by atoms with E-state index in [1.807, 2.05) is 0 Å². The molecule has 38 heavy (non-hydrogen) atoms. The van der Waals surface area contributed by atoms with Crippen LogP contribution in [0.5, 0.6) is 0 Å². The van der Waals surface area contributed by atoms with Gasteiger partial charge in [0.1, 0.15) is 16.6 Å². The fourth-order valence-corrected chi connectivity index (χ4v) is 8.14. The number of nitrogens with one attached hydrogen (secondary N) is 2. The van der Waals surface area contributed by atoms with Crippen molar-refractivity contribution in [2.24, 2.45) is 10.8 Å². The van der Waals surface area contributed by atoms with Crippen molar-refractivity contribution in [3.8, 4) is 6.07 Å². The minimum absolute atomic E-state index is 0.00615. The van der Waals surface area contributed by atoms with Gasteiger partial charge in [0, 0.05) is 65.9 Å². The Labute approximate surface area is 220 Å². The Kier molecular flexibility index (Phi) is 4.52. The van der Waals surface area contributed by atoms with E-state index in [-0.39, 0.29) is 38.4 Å². The van der Waals surface area contributed by atoms with Gasteiger partial charge in [0.25, 0.3) is 0 Å². The number of aromatic nitrogens is 2. The molecule has 3 aromatic rings. The molecule has 8 rings (SSSR count). The van der Waals surface area contributed by atoms with Crippen LogP contribution in [-0.4, -0.2) is 49.4 Å². The number of benzene rings is 1. The van der Waals surface area contributed by atoms with Crippen molar-refractivity contribution in [2.75, 3.05) is 50.0 Å². The maximum Gasteiger partial charge on any atom is 0.226 e. The summed E-state index contributed by atoms with van der Waals surface area (Å²) in [5.74, 6) is -0.575. The van der Waals surface area contributed by atoms with E-state index in [9.17, 15) is 9.65 Å². The fraction of sp³-hybridized carbons (Fsp3) is 0.423. The van der Waals surface area contributed by atoms with Crippen molar-refractivity contribution in [1.29, 1.82) is 5.26 Å². The summed E-state index contributed by atoms with van der Waals surface area (Å²) in [6.45, 7) is 5.12. The Morgan fingerprint density at radius 1 is 1.13 bits per heavy atom. The Balaban J connectivity index is 1.29. The molecule has 9 nitrogen and oxygen atoms in total. The van der Waals surface area contributed by atoms with Crippen LogP contribution in [0, 0.1) is 28.0 Å². The zero-order valence-electron chi connectivity index (χ0n) is 20.2. The van der Waals surface area contributed by atoms with E-state index in [1.165, 1.54) is 6.20 Å². The lowest BCUT2D eigenvalue weighted by molar-refractivity contribution is 0.134. The molecule has 3 fully saturated rings. The average Bonchev–Trinajstić information content (AvgIpc) is 3.68. The zero-order chi connectivity index (χ0) is 25.8. The summed E-state index contributed by atoms with van der Waals surface area (Å²) in [6.07, 6.45) is 2.90. The topological polar surface area (TPSA) is 121 Å². The number of hydrogen-bond donors (Lipinski definition) is 3. The van der Waals surface area contributed by atoms with Crippen molar-refractivity contribution in [3.05, 3.63) is 50.9 Å². The van der Waals surface area contributed by atoms with E-state index in [0.717, 1.165) is 43.1 Å². The third kappa shape index (κ3) is 2.72. The van der Waals surface area contributed by atoms with E-state index < -0.39 is 17.7 Å². The highest BCUT2D eigenvalue weighted by Crippen LogP contribution is 2.54. The van der Waals surface area contributed by atoms with Crippen molar-refractivity contribution >= 4 is 39.0 Å². The minimum atomic E-state index is -0.808. The predicted octanol–water partition coefficient (Wildman–Crippen LogP) is 2.70. The molecule has 2 aromatic heterocycles. The van der Waals surface area contributed by atoms with E-state index in [4.69, 9.17) is 20.2 Å². The van der Waals surface area contributed by atoms with Gasteiger partial charge in [-0.05, 0) is 11.1 Å². The van der Waals surface area contributed by atoms with Crippen molar-refractivity contribution in [1.82, 2.24) is 20.6 Å². The number of nitrogens with zero attached hydrogens (tertiary/aromatic N) is 4. The van der Waals surface area contributed by atoms with Crippen LogP contribution in [0.15, 0.2) is 12.4 Å². The molecule has 3 unspecified atom stereocenters. The van der Waals surface area contributed by atoms with Gasteiger partial charge in [-0.25, -0.2) is 18.7 Å². The van der Waals surface area contributed by atoms with Crippen LogP contribution in [0.2, 0.25) is 0 Å². The molecule has 0 aliphatic carbocycles. The van der Waals surface area contributed by atoms with Gasteiger partial charge in [-0.1, -0.05) is 0 Å². The van der Waals surface area contributed by atoms with Gasteiger partial charge in [-0.3, -0.25) is 0 Å². The summed E-state index contributed by atoms with van der Waals surface area (Å²) in [7, 11) is 0. The van der Waals surface area contributed by atoms with E-state index in [0.29, 0.717) is 47.8 Å². The van der Waals surface area contributed by atoms with Gasteiger partial charge < -0.3 is 30.7 Å². The summed E-state index contributed by atoms with van der Waals surface area (Å²) in [4.78, 5) is 11.8. The van der Waals surface area contributed by atoms with Gasteiger partial charge in [-0.2, -0.15) is 5.26 Å². The number of hydrogen-bond acceptors (Lipinski definition) is 10. The van der Waals surface area contributed by atoms with Gasteiger partial charge in [-0.15, -0.1) is 11.3 Å². The van der Waals surface area contributed by atoms with E-state index >= 15 is 4.39 Å². The number of nitriles is 1. The molecule has 194 valence electrons. The molecule has 0 bridgehead atoms. The molecule has 0 amide bonds. The lowest BCUT2D eigenvalue weighted by Crippen LogP contribution is -2.38. The zero-order valence-corrected chi connectivity index (χ0v) is 21.1. The number of thiophene rings is 1. The number of nitrogens with two attached hydrogens (primary N) is 1. The predicted molar refractivity (Wildman–Crippen MR) is 136 cm³/mol. The molecule has 3 atom stereocenters. The molecular weight excluding hydrogens is 512 g/mol. The first kappa shape index (κ1) is 22.6. The molecular formula is C26H23F2N7O2S. The summed E-state index contributed by atoms with van der Waals surface area (Å²) in [5, 5.41) is 17.1. The first-order valence-corrected chi connectivity index (χ1v) is 13.3. The van der Waals surface area contributed by atoms with Crippen molar-refractivity contribution in [3.63, 3.8) is 0 Å². The number of ether oxygens (including phenoxy) is 2. The molecule has 0 radical (unpaired) electrons. The second-order valence-corrected chi connectivity index (χ2v) is 12.0. The van der Waals surface area contributed by atoms with Gasteiger partial charge in [0.05, 0.1) is 42.9 Å². The maximum atomic E-state index is 16.6. The molecule has 7 heterocycles. The van der Waals surface area contributed by atoms with Crippen molar-refractivity contribution < 1.29 is 18.3 Å². The second-order valence-electron chi connectivity index (χ2n) is 10.9. The van der Waals surface area contributed by atoms with Gasteiger partial charge >= 0.3 is 0 Å². The number of anilines is 2. The first-order valence-electron chi connectivity index (χ1n) is 12.5. The Bertz CT molecular complexity index is 1600. The molecule has 3 saturated heterocycles. The van der Waals surface area contributed by atoms with E-state index in [1.54, 1.807) is 6.20 Å². The number of fused-ring (bicyclic) bond motifs is 4. The Morgan fingerprint density at radius 2 is 1.89 bits per heavy atom. The first-order chi connectivity index (χ1) is 18.5. The van der Waals surface area contributed by atoms with Crippen LogP contribution < -0.4 is 21.3 Å². The lowest BCUT2D eigenvalue weighted by atomic mass is 9.71. The van der Waals surface area contributed by atoms with Gasteiger partial charge in [0.15, 0.2) is 11.6 Å². The van der Waals surface area contributed by atoms with Crippen LogP contribution in [0.1, 0.15) is 38.7 Å². The lowest BCUT2D eigenvalue weighted by Gasteiger charge is -2.27. The largest absolute Gasteiger partial charge is 0.389 e.